The van der Waals surface area contributed by atoms with Crippen molar-refractivity contribution in [3.8, 4) is 0 Å². The maximum atomic E-state index is 13.5. The monoisotopic (exact) mass is 315 g/mol. The smallest absolute Gasteiger partial charge is 0.269 e. The van der Waals surface area contributed by atoms with Gasteiger partial charge in [-0.3, -0.25) is 20.4 Å². The molecule has 2 rings (SSSR count). The van der Waals surface area contributed by atoms with Gasteiger partial charge in [-0.1, -0.05) is 24.3 Å². The molecule has 0 spiro atoms. The minimum atomic E-state index is -0.493. The molecule has 120 valence electrons. The van der Waals surface area contributed by atoms with Gasteiger partial charge in [-0.2, -0.15) is 0 Å². The Balaban J connectivity index is 1.92. The number of nitrogens with zero attached hydrogens (tertiary/aromatic N) is 1. The molecule has 0 bridgehead atoms. The van der Waals surface area contributed by atoms with Crippen LogP contribution in [0.4, 0.5) is 10.1 Å². The zero-order chi connectivity index (χ0) is 16.8. The lowest BCUT2D eigenvalue weighted by atomic mass is 10.1. The minimum absolute atomic E-state index is 0.148. The van der Waals surface area contributed by atoms with E-state index in [0.29, 0.717) is 5.56 Å². The van der Waals surface area contributed by atoms with Crippen LogP contribution in [-0.2, 0) is 11.2 Å². The third kappa shape index (κ3) is 4.54. The van der Waals surface area contributed by atoms with E-state index in [4.69, 9.17) is 0 Å². The third-order valence-electron chi connectivity index (χ3n) is 3.25. The van der Waals surface area contributed by atoms with Gasteiger partial charge in [0.1, 0.15) is 5.82 Å². The summed E-state index contributed by atoms with van der Waals surface area (Å²) in [7, 11) is 3.74. The quantitative estimate of drug-likeness (QED) is 0.847. The van der Waals surface area contributed by atoms with E-state index in [1.54, 1.807) is 30.3 Å². The number of halogens is 1. The van der Waals surface area contributed by atoms with Gasteiger partial charge in [-0.05, 0) is 29.8 Å². The molecule has 0 saturated heterocycles. The normalized spacial score (nSPS) is 10.0. The van der Waals surface area contributed by atoms with Crippen molar-refractivity contribution in [3.05, 3.63) is 65.5 Å². The number of hydrogen-bond acceptors (Lipinski definition) is 3. The Kier molecular flexibility index (Phi) is 5.30. The summed E-state index contributed by atoms with van der Waals surface area (Å²) in [6.45, 7) is 0. The van der Waals surface area contributed by atoms with Crippen LogP contribution in [0.2, 0.25) is 0 Å². The Morgan fingerprint density at radius 2 is 1.78 bits per heavy atom. The first-order valence-electron chi connectivity index (χ1n) is 7.07. The van der Waals surface area contributed by atoms with E-state index < -0.39 is 17.6 Å². The van der Waals surface area contributed by atoms with Gasteiger partial charge >= 0.3 is 0 Å². The van der Waals surface area contributed by atoms with Crippen molar-refractivity contribution in [2.24, 2.45) is 0 Å². The van der Waals surface area contributed by atoms with Crippen molar-refractivity contribution in [2.75, 3.05) is 19.0 Å². The van der Waals surface area contributed by atoms with Gasteiger partial charge in [0.2, 0.25) is 5.91 Å². The van der Waals surface area contributed by atoms with Crippen molar-refractivity contribution in [2.45, 2.75) is 6.42 Å². The summed E-state index contributed by atoms with van der Waals surface area (Å²) < 4.78 is 13.5. The number of nitrogens with one attached hydrogen (secondary N) is 2. The first-order chi connectivity index (χ1) is 11.0. The molecule has 23 heavy (non-hydrogen) atoms. The first-order valence-corrected chi connectivity index (χ1v) is 7.07. The summed E-state index contributed by atoms with van der Waals surface area (Å²) in [5, 5.41) is 0. The van der Waals surface area contributed by atoms with Gasteiger partial charge in [0.15, 0.2) is 0 Å². The molecule has 0 aliphatic heterocycles. The number of anilines is 1. The number of hydrogen-bond donors (Lipinski definition) is 2. The lowest BCUT2D eigenvalue weighted by molar-refractivity contribution is -0.121. The van der Waals surface area contributed by atoms with E-state index in [1.165, 1.54) is 12.1 Å². The van der Waals surface area contributed by atoms with Crippen LogP contribution in [0, 0.1) is 5.82 Å². The van der Waals surface area contributed by atoms with E-state index >= 15 is 0 Å². The van der Waals surface area contributed by atoms with Crippen LogP contribution in [0.1, 0.15) is 15.9 Å². The van der Waals surface area contributed by atoms with Crippen molar-refractivity contribution in [3.63, 3.8) is 0 Å². The fraction of sp³-hybridized carbons (Fsp3) is 0.176. The van der Waals surface area contributed by atoms with Crippen LogP contribution in [0.5, 0.6) is 0 Å². The zero-order valence-corrected chi connectivity index (χ0v) is 13.0. The molecule has 2 amide bonds. The average Bonchev–Trinajstić information content (AvgIpc) is 2.55. The summed E-state index contributed by atoms with van der Waals surface area (Å²) >= 11 is 0. The fourth-order valence-corrected chi connectivity index (χ4v) is 1.98. The fourth-order valence-electron chi connectivity index (χ4n) is 1.98. The molecule has 0 heterocycles. The Bertz CT molecular complexity index is 716. The van der Waals surface area contributed by atoms with Crippen LogP contribution in [-0.4, -0.2) is 25.9 Å². The summed E-state index contributed by atoms with van der Waals surface area (Å²) in [5.74, 6) is -1.38. The molecule has 0 unspecified atom stereocenters. The lowest BCUT2D eigenvalue weighted by Crippen LogP contribution is -2.42. The highest BCUT2D eigenvalue weighted by Gasteiger charge is 2.10. The third-order valence-corrected chi connectivity index (χ3v) is 3.25. The second-order valence-electron chi connectivity index (χ2n) is 5.22. The SMILES string of the molecule is CN(C)c1cccc(C(=O)NNC(=O)Cc2ccccc2F)c1. The van der Waals surface area contributed by atoms with Crippen LogP contribution in [0.15, 0.2) is 48.5 Å². The molecule has 0 radical (unpaired) electrons. The van der Waals surface area contributed by atoms with Gasteiger partial charge in [0.25, 0.3) is 5.91 Å². The van der Waals surface area contributed by atoms with Crippen molar-refractivity contribution in [1.82, 2.24) is 10.9 Å². The van der Waals surface area contributed by atoms with Crippen LogP contribution in [0.3, 0.4) is 0 Å². The van der Waals surface area contributed by atoms with Crippen LogP contribution < -0.4 is 15.8 Å². The number of rotatable bonds is 4. The molecule has 0 fully saturated rings. The predicted octanol–water partition coefficient (Wildman–Crippen LogP) is 1.90. The molecule has 0 saturated carbocycles. The second-order valence-corrected chi connectivity index (χ2v) is 5.22. The number of carbonyl (C=O) groups is 2. The highest BCUT2D eigenvalue weighted by Crippen LogP contribution is 2.13. The van der Waals surface area contributed by atoms with Crippen LogP contribution >= 0.6 is 0 Å². The maximum absolute atomic E-state index is 13.5. The molecule has 0 atom stereocenters. The largest absolute Gasteiger partial charge is 0.378 e. The van der Waals surface area contributed by atoms with Gasteiger partial charge in [-0.25, -0.2) is 4.39 Å². The molecular formula is C17H18FN3O2. The molecule has 5 nitrogen and oxygen atoms in total. The van der Waals surface area contributed by atoms with Crippen molar-refractivity contribution < 1.29 is 14.0 Å². The minimum Gasteiger partial charge on any atom is -0.378 e. The highest BCUT2D eigenvalue weighted by molar-refractivity contribution is 5.96. The van der Waals surface area contributed by atoms with E-state index in [2.05, 4.69) is 10.9 Å². The Hall–Kier alpha value is -2.89. The maximum Gasteiger partial charge on any atom is 0.269 e. The molecule has 2 aromatic rings. The summed E-state index contributed by atoms with van der Waals surface area (Å²) in [6, 6.07) is 13.0. The van der Waals surface area contributed by atoms with E-state index in [-0.39, 0.29) is 12.0 Å². The molecule has 0 aliphatic carbocycles. The van der Waals surface area contributed by atoms with Gasteiger partial charge in [0, 0.05) is 25.3 Å². The predicted molar refractivity (Wildman–Crippen MR) is 86.5 cm³/mol. The Morgan fingerprint density at radius 1 is 1.04 bits per heavy atom. The van der Waals surface area contributed by atoms with Crippen molar-refractivity contribution in [1.29, 1.82) is 0 Å². The molecular weight excluding hydrogens is 297 g/mol. The van der Waals surface area contributed by atoms with E-state index in [1.807, 2.05) is 25.1 Å². The zero-order valence-electron chi connectivity index (χ0n) is 13.0. The van der Waals surface area contributed by atoms with Crippen molar-refractivity contribution >= 4 is 17.5 Å². The second kappa shape index (κ2) is 7.40. The van der Waals surface area contributed by atoms with Gasteiger partial charge in [0.05, 0.1) is 6.42 Å². The van der Waals surface area contributed by atoms with Gasteiger partial charge < -0.3 is 4.90 Å². The molecule has 2 aromatic carbocycles. The number of amides is 2. The summed E-state index contributed by atoms with van der Waals surface area (Å²) in [4.78, 5) is 25.7. The molecule has 6 heteroatoms. The Labute approximate surface area is 134 Å². The topological polar surface area (TPSA) is 61.4 Å². The Morgan fingerprint density at radius 3 is 2.48 bits per heavy atom. The summed E-state index contributed by atoms with van der Waals surface area (Å²) in [5.41, 5.74) is 6.17. The standard InChI is InChI=1S/C17H18FN3O2/c1-21(2)14-8-5-7-13(10-14)17(23)20-19-16(22)11-12-6-3-4-9-15(12)18/h3-10H,11H2,1-2H3,(H,19,22)(H,20,23). The average molecular weight is 315 g/mol. The molecule has 0 aliphatic rings. The first kappa shape index (κ1) is 16.5. The summed E-state index contributed by atoms with van der Waals surface area (Å²) in [6.07, 6.45) is -0.148. The number of carbonyl (C=O) groups excluding carboxylic acids is 2. The number of hydrazine groups is 1. The van der Waals surface area contributed by atoms with Crippen LogP contribution in [0.25, 0.3) is 0 Å². The van der Waals surface area contributed by atoms with Gasteiger partial charge in [-0.15, -0.1) is 0 Å². The van der Waals surface area contributed by atoms with E-state index in [0.717, 1.165) is 5.69 Å². The highest BCUT2D eigenvalue weighted by atomic mass is 19.1. The van der Waals surface area contributed by atoms with E-state index in [9.17, 15) is 14.0 Å². The number of benzene rings is 2. The molecule has 0 aromatic heterocycles. The lowest BCUT2D eigenvalue weighted by Gasteiger charge is -2.13. The molecule has 2 N–H and O–H groups in total.